The molecule has 0 aliphatic carbocycles. The number of benzene rings is 8. The van der Waals surface area contributed by atoms with Crippen LogP contribution in [0.25, 0.3) is 76.8 Å². The molecule has 13 rings (SSSR count). The lowest BCUT2D eigenvalue weighted by Gasteiger charge is -2.19. The molecule has 0 bridgehead atoms. The minimum Gasteiger partial charge on any atom is -0.309 e. The Labute approximate surface area is 356 Å². The van der Waals surface area contributed by atoms with Crippen LogP contribution in [-0.2, 0) is 0 Å². The van der Waals surface area contributed by atoms with Crippen LogP contribution in [0.2, 0.25) is 0 Å². The summed E-state index contributed by atoms with van der Waals surface area (Å²) < 4.78 is 4.69. The molecule has 6 heteroatoms. The Hall–Kier alpha value is -8.48. The molecule has 1 aliphatic heterocycles. The average Bonchev–Trinajstić information content (AvgIpc) is 3.84. The number of nitrogens with zero attached hydrogens (tertiary/aromatic N) is 6. The number of pyridine rings is 2. The van der Waals surface area contributed by atoms with Crippen LogP contribution in [0.5, 0.6) is 0 Å². The lowest BCUT2D eigenvalue weighted by Crippen LogP contribution is -2.13. The molecule has 0 atom stereocenters. The zero-order valence-electron chi connectivity index (χ0n) is 33.3. The Morgan fingerprint density at radius 3 is 1.16 bits per heavy atom. The number of hydrogen-bond donors (Lipinski definition) is 0. The fraction of sp³-hybridized carbons (Fsp3) is 0. The van der Waals surface area contributed by atoms with Crippen LogP contribution < -0.4 is 0 Å². The van der Waals surface area contributed by atoms with Crippen LogP contribution in [0.3, 0.4) is 0 Å². The SMILES string of the molecule is c1ccc(-n2c3ccccc3c3ccc(/C4=N/c5cc6ccccc6nc5/C(c5ccc6c7ccccc7n(-c7ccccc7)c6c5)=N\c5cc6ccccc6nc54)cc32)cc1. The Morgan fingerprint density at radius 1 is 0.306 bits per heavy atom. The molecular weight excluding hydrogens is 757 g/mol. The molecular formula is C56H34N6. The van der Waals surface area contributed by atoms with Gasteiger partial charge >= 0.3 is 0 Å². The number of para-hydroxylation sites is 6. The summed E-state index contributed by atoms with van der Waals surface area (Å²) in [7, 11) is 0. The van der Waals surface area contributed by atoms with Crippen molar-refractivity contribution in [2.24, 2.45) is 9.98 Å². The second-order valence-electron chi connectivity index (χ2n) is 15.9. The van der Waals surface area contributed by atoms with Crippen molar-refractivity contribution in [1.29, 1.82) is 0 Å². The zero-order chi connectivity index (χ0) is 40.7. The quantitative estimate of drug-likeness (QED) is 0.178. The van der Waals surface area contributed by atoms with E-state index in [-0.39, 0.29) is 0 Å². The van der Waals surface area contributed by atoms with Crippen molar-refractivity contribution in [3.05, 3.63) is 229 Å². The Kier molecular flexibility index (Phi) is 7.50. The highest BCUT2D eigenvalue weighted by molar-refractivity contribution is 6.24. The summed E-state index contributed by atoms with van der Waals surface area (Å²) in [4.78, 5) is 22.1. The first-order chi connectivity index (χ1) is 30.7. The number of hydrogen-bond acceptors (Lipinski definition) is 4. The first-order valence-electron chi connectivity index (χ1n) is 20.9. The van der Waals surface area contributed by atoms with Gasteiger partial charge in [-0.3, -0.25) is 0 Å². The predicted molar refractivity (Wildman–Crippen MR) is 256 cm³/mol. The van der Waals surface area contributed by atoms with Crippen molar-refractivity contribution in [3.63, 3.8) is 0 Å². The molecule has 0 radical (unpaired) electrons. The van der Waals surface area contributed by atoms with E-state index in [2.05, 4.69) is 203 Å². The van der Waals surface area contributed by atoms with Gasteiger partial charge in [-0.1, -0.05) is 133 Å². The first kappa shape index (κ1) is 34.4. The van der Waals surface area contributed by atoms with Gasteiger partial charge in [0.2, 0.25) is 0 Å². The molecule has 6 nitrogen and oxygen atoms in total. The maximum absolute atomic E-state index is 5.67. The van der Waals surface area contributed by atoms with Gasteiger partial charge in [0.25, 0.3) is 0 Å². The second-order valence-corrected chi connectivity index (χ2v) is 15.9. The van der Waals surface area contributed by atoms with Gasteiger partial charge in [0.15, 0.2) is 0 Å². The number of aromatic nitrogens is 4. The van der Waals surface area contributed by atoms with Gasteiger partial charge in [-0.15, -0.1) is 0 Å². The van der Waals surface area contributed by atoms with E-state index in [1.807, 2.05) is 12.1 Å². The van der Waals surface area contributed by atoms with E-state index < -0.39 is 0 Å². The van der Waals surface area contributed by atoms with Crippen molar-refractivity contribution < 1.29 is 0 Å². The standard InChI is InChI=1S/C56H34N6/c1-3-17-39(18-4-1)61-49-25-13-9-21-41(49)43-29-27-37(33-51(43)61)53-55-47(31-35-15-7-11-23-45(35)57-55)60-54(56-48(59-53)32-36-16-8-12-24-46(36)58-56)38-28-30-44-42-22-10-14-26-50(42)62(52(44)34-38)40-19-5-2-6-20-40/h1-34H/b55-53?,56-54?,59-48?,59-53-,60-47?,60-54-. The Balaban J connectivity index is 1.11. The molecule has 62 heavy (non-hydrogen) atoms. The number of rotatable bonds is 4. The van der Waals surface area contributed by atoms with Crippen LogP contribution >= 0.6 is 0 Å². The van der Waals surface area contributed by atoms with E-state index >= 15 is 0 Å². The van der Waals surface area contributed by atoms with Crippen LogP contribution in [-0.4, -0.2) is 30.5 Å². The molecule has 12 aromatic rings. The molecule has 0 unspecified atom stereocenters. The minimum atomic E-state index is 0.709. The van der Waals surface area contributed by atoms with Gasteiger partial charge in [-0.2, -0.15) is 0 Å². The summed E-state index contributed by atoms with van der Waals surface area (Å²) in [5, 5.41) is 6.73. The molecule has 0 fully saturated rings. The van der Waals surface area contributed by atoms with Crippen molar-refractivity contribution >= 4 is 88.2 Å². The van der Waals surface area contributed by atoms with E-state index in [9.17, 15) is 0 Å². The molecule has 0 saturated carbocycles. The van der Waals surface area contributed by atoms with E-state index in [4.69, 9.17) is 20.0 Å². The normalized spacial score (nSPS) is 14.4. The maximum atomic E-state index is 5.67. The second kappa shape index (κ2) is 13.5. The van der Waals surface area contributed by atoms with Gasteiger partial charge in [-0.05, 0) is 72.8 Å². The van der Waals surface area contributed by atoms with E-state index in [0.29, 0.717) is 11.4 Å². The van der Waals surface area contributed by atoms with Crippen LogP contribution in [0, 0.1) is 0 Å². The van der Waals surface area contributed by atoms with Gasteiger partial charge < -0.3 is 9.13 Å². The fourth-order valence-electron chi connectivity index (χ4n) is 9.42. The Morgan fingerprint density at radius 2 is 0.694 bits per heavy atom. The van der Waals surface area contributed by atoms with E-state index in [1.165, 1.54) is 21.5 Å². The molecule has 0 N–H and O–H groups in total. The monoisotopic (exact) mass is 790 g/mol. The van der Waals surface area contributed by atoms with Crippen LogP contribution in [0.4, 0.5) is 11.4 Å². The maximum Gasteiger partial charge on any atom is 0.116 e. The Bertz CT molecular complexity index is 3600. The van der Waals surface area contributed by atoms with Gasteiger partial charge in [0.05, 0.1) is 55.9 Å². The molecule has 4 aromatic heterocycles. The lowest BCUT2D eigenvalue weighted by atomic mass is 9.98. The molecule has 0 saturated heterocycles. The molecule has 0 amide bonds. The third-order valence-corrected chi connectivity index (χ3v) is 12.2. The summed E-state index contributed by atoms with van der Waals surface area (Å²) >= 11 is 0. The van der Waals surface area contributed by atoms with Crippen molar-refractivity contribution in [3.8, 4) is 11.4 Å². The van der Waals surface area contributed by atoms with Gasteiger partial charge in [0, 0.05) is 54.8 Å². The highest BCUT2D eigenvalue weighted by atomic mass is 15.0. The average molecular weight is 791 g/mol. The van der Waals surface area contributed by atoms with E-state index in [0.717, 1.165) is 89.2 Å². The first-order valence-corrected chi connectivity index (χ1v) is 20.9. The smallest absolute Gasteiger partial charge is 0.116 e. The summed E-state index contributed by atoms with van der Waals surface area (Å²) in [6.45, 7) is 0. The summed E-state index contributed by atoms with van der Waals surface area (Å²) in [6, 6.07) is 72.5. The summed E-state index contributed by atoms with van der Waals surface area (Å²) in [5.41, 5.74) is 14.6. The van der Waals surface area contributed by atoms with Gasteiger partial charge in [-0.25, -0.2) is 20.0 Å². The minimum absolute atomic E-state index is 0.709. The fourth-order valence-corrected chi connectivity index (χ4v) is 9.42. The lowest BCUT2D eigenvalue weighted by molar-refractivity contribution is 1.18. The van der Waals surface area contributed by atoms with Crippen molar-refractivity contribution in [2.75, 3.05) is 0 Å². The van der Waals surface area contributed by atoms with Crippen molar-refractivity contribution in [1.82, 2.24) is 19.1 Å². The largest absolute Gasteiger partial charge is 0.309 e. The predicted octanol–water partition coefficient (Wildman–Crippen LogP) is 13.6. The molecule has 1 aliphatic rings. The number of fused-ring (bicyclic) bond motifs is 10. The molecule has 0 spiro atoms. The highest BCUT2D eigenvalue weighted by Gasteiger charge is 2.26. The van der Waals surface area contributed by atoms with Crippen molar-refractivity contribution in [2.45, 2.75) is 0 Å². The molecule has 8 aromatic carbocycles. The summed E-state index contributed by atoms with van der Waals surface area (Å²) in [5.74, 6) is 0. The van der Waals surface area contributed by atoms with Gasteiger partial charge in [0.1, 0.15) is 11.4 Å². The third kappa shape index (κ3) is 5.30. The molecule has 288 valence electrons. The highest BCUT2D eigenvalue weighted by Crippen LogP contribution is 2.39. The number of aliphatic imine (C=N–C) groups is 2. The topological polar surface area (TPSA) is 60.4 Å². The van der Waals surface area contributed by atoms with Crippen LogP contribution in [0.1, 0.15) is 22.5 Å². The van der Waals surface area contributed by atoms with Crippen LogP contribution in [0.15, 0.2) is 216 Å². The summed E-state index contributed by atoms with van der Waals surface area (Å²) in [6.07, 6.45) is 0. The zero-order valence-corrected chi connectivity index (χ0v) is 33.3. The third-order valence-electron chi connectivity index (χ3n) is 12.2. The molecule has 5 heterocycles. The van der Waals surface area contributed by atoms with E-state index in [1.54, 1.807) is 0 Å².